The Labute approximate surface area is 139 Å². The van der Waals surface area contributed by atoms with Gasteiger partial charge in [0.25, 0.3) is 5.91 Å². The van der Waals surface area contributed by atoms with Crippen molar-refractivity contribution >= 4 is 22.8 Å². The zero-order valence-corrected chi connectivity index (χ0v) is 13.6. The molecule has 1 aliphatic rings. The first-order valence-corrected chi connectivity index (χ1v) is 8.13. The molecule has 0 atom stereocenters. The molecule has 1 saturated carbocycles. The Morgan fingerprint density at radius 2 is 1.96 bits per heavy atom. The molecule has 0 aliphatic heterocycles. The summed E-state index contributed by atoms with van der Waals surface area (Å²) in [7, 11) is 1.54. The molecule has 0 radical (unpaired) electrons. The number of para-hydroxylation sites is 1. The number of amides is 1. The largest absolute Gasteiger partial charge is 0.480 e. The molecule has 1 heterocycles. The van der Waals surface area contributed by atoms with E-state index in [0.29, 0.717) is 24.0 Å². The summed E-state index contributed by atoms with van der Waals surface area (Å²) in [4.78, 5) is 24.5. The van der Waals surface area contributed by atoms with Gasteiger partial charge in [0, 0.05) is 18.1 Å². The quantitative estimate of drug-likeness (QED) is 0.879. The van der Waals surface area contributed by atoms with Crippen LogP contribution in [0.15, 0.2) is 28.7 Å². The van der Waals surface area contributed by atoms with Gasteiger partial charge in [-0.05, 0) is 18.9 Å². The van der Waals surface area contributed by atoms with Crippen molar-refractivity contribution in [1.29, 1.82) is 0 Å². The third-order valence-corrected chi connectivity index (χ3v) is 4.66. The topological polar surface area (TPSA) is 88.8 Å². The van der Waals surface area contributed by atoms with Gasteiger partial charge < -0.3 is 19.6 Å². The number of ether oxygens (including phenoxy) is 1. The van der Waals surface area contributed by atoms with Gasteiger partial charge in [-0.3, -0.25) is 4.79 Å². The number of hydrogen-bond donors (Lipinski definition) is 2. The number of carbonyl (C=O) groups is 2. The molecule has 0 bridgehead atoms. The standard InChI is InChI=1S/C18H21NO5/c1-23-11-13-12-7-3-4-8-14(12)24-15(13)16(20)19-18(17(21)22)9-5-2-6-10-18/h3-4,7-8H,2,5-6,9-11H2,1H3,(H,19,20)(H,21,22). The number of carboxylic acid groups (broad SMARTS) is 1. The van der Waals surface area contributed by atoms with Crippen LogP contribution >= 0.6 is 0 Å². The highest BCUT2D eigenvalue weighted by molar-refractivity contribution is 6.01. The van der Waals surface area contributed by atoms with E-state index in [0.717, 1.165) is 24.6 Å². The molecular formula is C18H21NO5. The summed E-state index contributed by atoms with van der Waals surface area (Å²) in [5, 5.41) is 13.2. The summed E-state index contributed by atoms with van der Waals surface area (Å²) < 4.78 is 10.9. The number of furan rings is 1. The lowest BCUT2D eigenvalue weighted by Gasteiger charge is -2.33. The average molecular weight is 331 g/mol. The van der Waals surface area contributed by atoms with Gasteiger partial charge in [0.15, 0.2) is 5.76 Å². The minimum atomic E-state index is -1.21. The van der Waals surface area contributed by atoms with Crippen molar-refractivity contribution in [3.05, 3.63) is 35.6 Å². The van der Waals surface area contributed by atoms with Crippen molar-refractivity contribution in [2.24, 2.45) is 0 Å². The van der Waals surface area contributed by atoms with Crippen molar-refractivity contribution < 1.29 is 23.8 Å². The molecule has 2 aromatic rings. The third-order valence-electron chi connectivity index (χ3n) is 4.66. The molecule has 0 saturated heterocycles. The SMILES string of the molecule is COCc1c(C(=O)NC2(C(=O)O)CCCCC2)oc2ccccc12. The van der Waals surface area contributed by atoms with Crippen molar-refractivity contribution in [2.75, 3.05) is 7.11 Å². The summed E-state index contributed by atoms with van der Waals surface area (Å²) in [6, 6.07) is 7.32. The van der Waals surface area contributed by atoms with Crippen LogP contribution in [0, 0.1) is 0 Å². The van der Waals surface area contributed by atoms with E-state index in [1.54, 1.807) is 13.2 Å². The van der Waals surface area contributed by atoms with Gasteiger partial charge in [-0.25, -0.2) is 4.79 Å². The van der Waals surface area contributed by atoms with E-state index in [4.69, 9.17) is 9.15 Å². The highest BCUT2D eigenvalue weighted by Gasteiger charge is 2.42. The Morgan fingerprint density at radius 3 is 2.62 bits per heavy atom. The van der Waals surface area contributed by atoms with E-state index < -0.39 is 17.4 Å². The lowest BCUT2D eigenvalue weighted by molar-refractivity contribution is -0.145. The maximum Gasteiger partial charge on any atom is 0.329 e. The first-order valence-electron chi connectivity index (χ1n) is 8.13. The number of methoxy groups -OCH3 is 1. The Morgan fingerprint density at radius 1 is 1.25 bits per heavy atom. The van der Waals surface area contributed by atoms with Crippen LogP contribution in [-0.2, 0) is 16.1 Å². The smallest absolute Gasteiger partial charge is 0.329 e. The first kappa shape index (κ1) is 16.5. The summed E-state index contributed by atoms with van der Waals surface area (Å²) in [6.07, 6.45) is 3.45. The van der Waals surface area contributed by atoms with E-state index >= 15 is 0 Å². The van der Waals surface area contributed by atoms with Crippen molar-refractivity contribution in [1.82, 2.24) is 5.32 Å². The first-order chi connectivity index (χ1) is 11.6. The molecule has 1 aromatic carbocycles. The predicted octanol–water partition coefficient (Wildman–Crippen LogP) is 3.10. The molecule has 128 valence electrons. The van der Waals surface area contributed by atoms with Crippen LogP contribution in [0.4, 0.5) is 0 Å². The second kappa shape index (κ2) is 6.65. The zero-order valence-electron chi connectivity index (χ0n) is 13.6. The monoisotopic (exact) mass is 331 g/mol. The lowest BCUT2D eigenvalue weighted by Crippen LogP contribution is -2.55. The van der Waals surface area contributed by atoms with Gasteiger partial charge >= 0.3 is 5.97 Å². The van der Waals surface area contributed by atoms with Gasteiger partial charge in [0.1, 0.15) is 11.1 Å². The molecule has 1 amide bonds. The molecule has 0 spiro atoms. The number of hydrogen-bond acceptors (Lipinski definition) is 4. The second-order valence-electron chi connectivity index (χ2n) is 6.24. The molecule has 1 aliphatic carbocycles. The molecule has 0 unspecified atom stereocenters. The van der Waals surface area contributed by atoms with Crippen LogP contribution in [0.1, 0.15) is 48.2 Å². The molecule has 6 heteroatoms. The zero-order chi connectivity index (χ0) is 17.2. The van der Waals surface area contributed by atoms with Crippen molar-refractivity contribution in [3.63, 3.8) is 0 Å². The number of nitrogens with one attached hydrogen (secondary N) is 1. The minimum absolute atomic E-state index is 0.129. The van der Waals surface area contributed by atoms with Crippen LogP contribution in [0.25, 0.3) is 11.0 Å². The number of rotatable bonds is 5. The van der Waals surface area contributed by atoms with Crippen LogP contribution < -0.4 is 5.32 Å². The Kier molecular flexibility index (Phi) is 4.57. The Hall–Kier alpha value is -2.34. The number of benzene rings is 1. The van der Waals surface area contributed by atoms with E-state index in [9.17, 15) is 14.7 Å². The number of fused-ring (bicyclic) bond motifs is 1. The summed E-state index contributed by atoms with van der Waals surface area (Å²) >= 11 is 0. The van der Waals surface area contributed by atoms with E-state index in [2.05, 4.69) is 5.32 Å². The lowest BCUT2D eigenvalue weighted by atomic mass is 9.81. The average Bonchev–Trinajstić information content (AvgIpc) is 2.95. The van der Waals surface area contributed by atoms with Gasteiger partial charge in [0.05, 0.1) is 6.61 Å². The maximum atomic E-state index is 12.8. The van der Waals surface area contributed by atoms with Crippen LogP contribution in [0.2, 0.25) is 0 Å². The van der Waals surface area contributed by atoms with Gasteiger partial charge in [0.2, 0.25) is 0 Å². The fourth-order valence-electron chi connectivity index (χ4n) is 3.39. The third kappa shape index (κ3) is 2.89. The molecule has 2 N–H and O–H groups in total. The Balaban J connectivity index is 1.95. The van der Waals surface area contributed by atoms with Crippen molar-refractivity contribution in [3.8, 4) is 0 Å². The van der Waals surface area contributed by atoms with Gasteiger partial charge in [-0.2, -0.15) is 0 Å². The van der Waals surface area contributed by atoms with Gasteiger partial charge in [-0.15, -0.1) is 0 Å². The molecule has 1 fully saturated rings. The second-order valence-corrected chi connectivity index (χ2v) is 6.24. The minimum Gasteiger partial charge on any atom is -0.480 e. The van der Waals surface area contributed by atoms with Crippen LogP contribution in [-0.4, -0.2) is 29.6 Å². The normalized spacial score (nSPS) is 16.9. The Bertz CT molecular complexity index is 758. The van der Waals surface area contributed by atoms with E-state index in [-0.39, 0.29) is 12.4 Å². The fourth-order valence-corrected chi connectivity index (χ4v) is 3.39. The summed E-state index contributed by atoms with van der Waals surface area (Å²) in [5.41, 5.74) is 0.0169. The molecule has 24 heavy (non-hydrogen) atoms. The highest BCUT2D eigenvalue weighted by atomic mass is 16.5. The number of carbonyl (C=O) groups excluding carboxylic acids is 1. The van der Waals surface area contributed by atoms with E-state index in [1.807, 2.05) is 18.2 Å². The van der Waals surface area contributed by atoms with Gasteiger partial charge in [-0.1, -0.05) is 37.5 Å². The summed E-state index contributed by atoms with van der Waals surface area (Å²) in [5.74, 6) is -1.35. The molecule has 1 aromatic heterocycles. The molecular weight excluding hydrogens is 310 g/mol. The highest BCUT2D eigenvalue weighted by Crippen LogP contribution is 2.31. The summed E-state index contributed by atoms with van der Waals surface area (Å²) in [6.45, 7) is 0.222. The number of carboxylic acids is 1. The predicted molar refractivity (Wildman–Crippen MR) is 87.8 cm³/mol. The maximum absolute atomic E-state index is 12.8. The van der Waals surface area contributed by atoms with Crippen molar-refractivity contribution in [2.45, 2.75) is 44.2 Å². The van der Waals surface area contributed by atoms with Crippen LogP contribution in [0.5, 0.6) is 0 Å². The number of aliphatic carboxylic acids is 1. The van der Waals surface area contributed by atoms with Crippen LogP contribution in [0.3, 0.4) is 0 Å². The fraction of sp³-hybridized carbons (Fsp3) is 0.444. The molecule has 6 nitrogen and oxygen atoms in total. The van der Waals surface area contributed by atoms with E-state index in [1.165, 1.54) is 0 Å². The molecule has 3 rings (SSSR count).